The topological polar surface area (TPSA) is 105 Å². The first-order chi connectivity index (χ1) is 22.2. The van der Waals surface area contributed by atoms with Crippen LogP contribution in [-0.2, 0) is 32.6 Å². The van der Waals surface area contributed by atoms with E-state index in [1.165, 1.54) is 48.4 Å². The number of ether oxygens (including phenoxy) is 2. The van der Waals surface area contributed by atoms with Crippen molar-refractivity contribution in [1.29, 1.82) is 0 Å². The highest BCUT2D eigenvalue weighted by atomic mass is 32.2. The van der Waals surface area contributed by atoms with Gasteiger partial charge in [0.2, 0.25) is 11.8 Å². The molecule has 0 aliphatic rings. The van der Waals surface area contributed by atoms with Gasteiger partial charge in [-0.05, 0) is 85.6 Å². The molecule has 0 radical (unpaired) electrons. The van der Waals surface area contributed by atoms with Crippen molar-refractivity contribution in [2.75, 3.05) is 31.1 Å². The summed E-state index contributed by atoms with van der Waals surface area (Å²) >= 11 is 0. The average Bonchev–Trinajstić information content (AvgIpc) is 3.06. The number of benzene rings is 4. The summed E-state index contributed by atoms with van der Waals surface area (Å²) in [6.45, 7) is 3.67. The van der Waals surface area contributed by atoms with Crippen LogP contribution in [0.15, 0.2) is 108 Å². The molecule has 0 spiro atoms. The minimum absolute atomic E-state index is 0.00890. The molecule has 9 nitrogen and oxygen atoms in total. The van der Waals surface area contributed by atoms with Crippen molar-refractivity contribution < 1.29 is 31.9 Å². The zero-order valence-corrected chi connectivity index (χ0v) is 26.9. The monoisotopic (exact) mass is 647 g/mol. The van der Waals surface area contributed by atoms with E-state index in [9.17, 15) is 22.4 Å². The highest BCUT2D eigenvalue weighted by Crippen LogP contribution is 2.27. The molecule has 0 bridgehead atoms. The minimum atomic E-state index is -4.34. The van der Waals surface area contributed by atoms with Gasteiger partial charge in [0.15, 0.2) is 0 Å². The van der Waals surface area contributed by atoms with E-state index in [2.05, 4.69) is 5.32 Å². The quantitative estimate of drug-likeness (QED) is 0.190. The number of hydrogen-bond acceptors (Lipinski definition) is 6. The third-order valence-corrected chi connectivity index (χ3v) is 9.01. The van der Waals surface area contributed by atoms with Crippen LogP contribution in [-0.4, -0.2) is 58.0 Å². The molecule has 242 valence electrons. The smallest absolute Gasteiger partial charge is 0.264 e. The zero-order chi connectivity index (χ0) is 33.1. The minimum Gasteiger partial charge on any atom is -0.497 e. The number of methoxy groups -OCH3 is 1. The number of likely N-dealkylation sites (N-methyl/N-ethyl adjacent to an activating group) is 1. The van der Waals surface area contributed by atoms with Crippen molar-refractivity contribution in [3.63, 3.8) is 0 Å². The van der Waals surface area contributed by atoms with E-state index in [1.807, 2.05) is 37.3 Å². The molecule has 4 aromatic carbocycles. The van der Waals surface area contributed by atoms with Gasteiger partial charge in [-0.3, -0.25) is 13.9 Å². The Kier molecular flexibility index (Phi) is 11.7. The number of nitrogens with zero attached hydrogens (tertiary/aromatic N) is 2. The van der Waals surface area contributed by atoms with Gasteiger partial charge in [-0.1, -0.05) is 42.5 Å². The summed E-state index contributed by atoms with van der Waals surface area (Å²) < 4.78 is 53.9. The zero-order valence-electron chi connectivity index (χ0n) is 26.1. The summed E-state index contributed by atoms with van der Waals surface area (Å²) in [7, 11) is -2.81. The summed E-state index contributed by atoms with van der Waals surface area (Å²) in [4.78, 5) is 29.3. The molecule has 0 aliphatic carbocycles. The van der Waals surface area contributed by atoms with E-state index >= 15 is 0 Å². The first kappa shape index (κ1) is 34.0. The number of sulfonamides is 1. The predicted octanol–water partition coefficient (Wildman–Crippen LogP) is 5.20. The normalized spacial score (nSPS) is 11.7. The molecule has 0 unspecified atom stereocenters. The average molecular weight is 648 g/mol. The molecule has 1 atom stereocenters. The van der Waals surface area contributed by atoms with E-state index < -0.39 is 34.3 Å². The Bertz CT molecular complexity index is 1700. The van der Waals surface area contributed by atoms with Crippen LogP contribution in [0.4, 0.5) is 10.1 Å². The molecule has 0 fully saturated rings. The number of nitrogens with one attached hydrogen (secondary N) is 1. The molecule has 11 heteroatoms. The second-order valence-corrected chi connectivity index (χ2v) is 12.2. The largest absolute Gasteiger partial charge is 0.497 e. The first-order valence-electron chi connectivity index (χ1n) is 14.9. The first-order valence-corrected chi connectivity index (χ1v) is 16.4. The second kappa shape index (κ2) is 15.9. The maximum absolute atomic E-state index is 14.4. The molecule has 0 aromatic heterocycles. The molecule has 46 heavy (non-hydrogen) atoms. The lowest BCUT2D eigenvalue weighted by Crippen LogP contribution is -2.53. The Morgan fingerprint density at radius 1 is 0.848 bits per heavy atom. The fraction of sp³-hybridized carbons (Fsp3) is 0.257. The molecule has 4 aromatic rings. The van der Waals surface area contributed by atoms with Crippen molar-refractivity contribution >= 4 is 27.5 Å². The van der Waals surface area contributed by atoms with Crippen LogP contribution in [0, 0.1) is 5.82 Å². The number of anilines is 1. The standard InChI is InChI=1S/C35H38FN3O6S/c1-4-37-35(41)33(23-26-10-7-6-8-11-26)38(24-27-12-9-13-31(22-27)44-3)34(40)25-39(29-16-14-28(36)15-17-29)46(42,43)32-20-18-30(19-21-32)45-5-2/h6-22,33H,4-5,23-25H2,1-3H3,(H,37,41)/t33-/m0/s1. The van der Waals surface area contributed by atoms with E-state index in [-0.39, 0.29) is 29.5 Å². The van der Waals surface area contributed by atoms with Gasteiger partial charge in [0.25, 0.3) is 10.0 Å². The van der Waals surface area contributed by atoms with Crippen molar-refractivity contribution in [3.8, 4) is 11.5 Å². The van der Waals surface area contributed by atoms with Crippen LogP contribution in [0.1, 0.15) is 25.0 Å². The Balaban J connectivity index is 1.79. The van der Waals surface area contributed by atoms with Crippen LogP contribution in [0.2, 0.25) is 0 Å². The van der Waals surface area contributed by atoms with Crippen LogP contribution >= 0.6 is 0 Å². The third kappa shape index (κ3) is 8.63. The lowest BCUT2D eigenvalue weighted by molar-refractivity contribution is -0.140. The Hall–Kier alpha value is -4.90. The van der Waals surface area contributed by atoms with E-state index in [4.69, 9.17) is 9.47 Å². The second-order valence-electron chi connectivity index (χ2n) is 10.4. The summed E-state index contributed by atoms with van der Waals surface area (Å²) in [5.74, 6) is -0.527. The summed E-state index contributed by atoms with van der Waals surface area (Å²) in [5, 5.41) is 2.83. The van der Waals surface area contributed by atoms with Crippen LogP contribution in [0.3, 0.4) is 0 Å². The van der Waals surface area contributed by atoms with Gasteiger partial charge >= 0.3 is 0 Å². The van der Waals surface area contributed by atoms with Crippen LogP contribution in [0.5, 0.6) is 11.5 Å². The van der Waals surface area contributed by atoms with Gasteiger partial charge in [0, 0.05) is 19.5 Å². The fourth-order valence-electron chi connectivity index (χ4n) is 4.95. The molecule has 0 saturated heterocycles. The number of halogens is 1. The van der Waals surface area contributed by atoms with Crippen molar-refractivity contribution in [1.82, 2.24) is 10.2 Å². The maximum atomic E-state index is 14.4. The van der Waals surface area contributed by atoms with E-state index in [0.717, 1.165) is 22.0 Å². The summed E-state index contributed by atoms with van der Waals surface area (Å²) in [6.07, 6.45) is 0.185. The van der Waals surface area contributed by atoms with Crippen molar-refractivity contribution in [3.05, 3.63) is 120 Å². The summed E-state index contributed by atoms with van der Waals surface area (Å²) in [6, 6.07) is 26.1. The molecule has 0 saturated carbocycles. The summed E-state index contributed by atoms with van der Waals surface area (Å²) in [5.41, 5.74) is 1.58. The molecule has 1 N–H and O–H groups in total. The number of carbonyl (C=O) groups is 2. The van der Waals surface area contributed by atoms with Crippen molar-refractivity contribution in [2.24, 2.45) is 0 Å². The van der Waals surface area contributed by atoms with Gasteiger partial charge in [-0.2, -0.15) is 0 Å². The van der Waals surface area contributed by atoms with Gasteiger partial charge in [0.05, 0.1) is 24.3 Å². The molecular weight excluding hydrogens is 609 g/mol. The molecule has 2 amide bonds. The van der Waals surface area contributed by atoms with Crippen LogP contribution in [0.25, 0.3) is 0 Å². The van der Waals surface area contributed by atoms with Gasteiger partial charge in [-0.25, -0.2) is 12.8 Å². The van der Waals surface area contributed by atoms with Gasteiger partial charge < -0.3 is 19.7 Å². The maximum Gasteiger partial charge on any atom is 0.264 e. The lowest BCUT2D eigenvalue weighted by atomic mass is 10.0. The van der Waals surface area contributed by atoms with Gasteiger partial charge in [-0.15, -0.1) is 0 Å². The lowest BCUT2D eigenvalue weighted by Gasteiger charge is -2.34. The highest BCUT2D eigenvalue weighted by molar-refractivity contribution is 7.92. The SMILES string of the molecule is CCNC(=O)[C@H](Cc1ccccc1)N(Cc1cccc(OC)c1)C(=O)CN(c1ccc(F)cc1)S(=O)(=O)c1ccc(OCC)cc1. The molecular formula is C35H38FN3O6S. The molecule has 0 aliphatic heterocycles. The Morgan fingerprint density at radius 2 is 1.52 bits per heavy atom. The Morgan fingerprint density at radius 3 is 2.15 bits per heavy atom. The van der Waals surface area contributed by atoms with Crippen LogP contribution < -0.4 is 19.1 Å². The van der Waals surface area contributed by atoms with Crippen molar-refractivity contribution in [2.45, 2.75) is 37.8 Å². The Labute approximate surface area is 269 Å². The number of amides is 2. The number of hydrogen-bond donors (Lipinski definition) is 1. The van der Waals surface area contributed by atoms with E-state index in [1.54, 1.807) is 31.2 Å². The number of rotatable bonds is 15. The predicted molar refractivity (Wildman–Crippen MR) is 175 cm³/mol. The fourth-order valence-corrected chi connectivity index (χ4v) is 6.37. The molecule has 4 rings (SSSR count). The third-order valence-electron chi connectivity index (χ3n) is 7.23. The number of carbonyl (C=O) groups excluding carboxylic acids is 2. The molecule has 0 heterocycles. The van der Waals surface area contributed by atoms with E-state index in [0.29, 0.717) is 30.2 Å². The highest BCUT2D eigenvalue weighted by Gasteiger charge is 2.34. The van der Waals surface area contributed by atoms with Gasteiger partial charge in [0.1, 0.15) is 29.9 Å².